The van der Waals surface area contributed by atoms with Gasteiger partial charge < -0.3 is 10.2 Å². The minimum atomic E-state index is -4.31. The lowest BCUT2D eigenvalue weighted by Crippen LogP contribution is -2.53. The quantitative estimate of drug-likeness (QED) is 0.191. The summed E-state index contributed by atoms with van der Waals surface area (Å²) < 4.78 is 42.9. The van der Waals surface area contributed by atoms with Gasteiger partial charge in [0.25, 0.3) is 10.0 Å². The number of carbonyl (C=O) groups is 2. The largest absolute Gasteiger partial charge is 0.354 e. The van der Waals surface area contributed by atoms with Crippen LogP contribution in [-0.2, 0) is 32.6 Å². The van der Waals surface area contributed by atoms with Crippen LogP contribution in [0.2, 0.25) is 5.02 Å². The molecule has 0 saturated carbocycles. The second kappa shape index (κ2) is 15.0. The standard InChI is InChI=1S/C34H35ClFN3O4S/c1-3-20-37-34(41)32(21-26-10-6-4-7-11-26)38(23-27-16-14-25(2)15-17-27)33(40)24-39(28-18-19-31(36)30(35)22-28)44(42,43)29-12-8-5-9-13-29/h4-19,22,32H,3,20-21,23-24H2,1-2H3,(H,37,41)/t32-/m0/s1. The van der Waals surface area contributed by atoms with Crippen molar-refractivity contribution in [3.63, 3.8) is 0 Å². The summed E-state index contributed by atoms with van der Waals surface area (Å²) >= 11 is 6.06. The van der Waals surface area contributed by atoms with Gasteiger partial charge in [0.1, 0.15) is 18.4 Å². The van der Waals surface area contributed by atoms with Gasteiger partial charge in [-0.15, -0.1) is 0 Å². The van der Waals surface area contributed by atoms with Crippen molar-refractivity contribution in [1.82, 2.24) is 10.2 Å². The molecule has 0 aliphatic rings. The van der Waals surface area contributed by atoms with E-state index in [9.17, 15) is 22.4 Å². The van der Waals surface area contributed by atoms with Gasteiger partial charge in [-0.25, -0.2) is 12.8 Å². The van der Waals surface area contributed by atoms with Gasteiger partial charge in [-0.2, -0.15) is 0 Å². The van der Waals surface area contributed by atoms with Crippen molar-refractivity contribution in [2.45, 2.75) is 44.2 Å². The SMILES string of the molecule is CCCNC(=O)[C@H](Cc1ccccc1)N(Cc1ccc(C)cc1)C(=O)CN(c1ccc(F)c(Cl)c1)S(=O)(=O)c1ccccc1. The first-order chi connectivity index (χ1) is 21.1. The lowest BCUT2D eigenvalue weighted by Gasteiger charge is -2.34. The Kier molecular flexibility index (Phi) is 11.1. The molecule has 1 N–H and O–H groups in total. The second-order valence-corrected chi connectivity index (χ2v) is 12.7. The van der Waals surface area contributed by atoms with Gasteiger partial charge in [0.15, 0.2) is 0 Å². The van der Waals surface area contributed by atoms with Crippen LogP contribution in [0, 0.1) is 12.7 Å². The molecule has 4 aromatic carbocycles. The number of benzene rings is 4. The highest BCUT2D eigenvalue weighted by molar-refractivity contribution is 7.92. The lowest BCUT2D eigenvalue weighted by molar-refractivity contribution is -0.140. The van der Waals surface area contributed by atoms with E-state index in [-0.39, 0.29) is 34.5 Å². The number of anilines is 1. The molecule has 4 rings (SSSR count). The summed E-state index contributed by atoms with van der Waals surface area (Å²) in [6, 6.07) is 27.1. The molecule has 10 heteroatoms. The number of hydrogen-bond acceptors (Lipinski definition) is 4. The van der Waals surface area contributed by atoms with Crippen molar-refractivity contribution >= 4 is 39.1 Å². The number of aryl methyl sites for hydroxylation is 1. The van der Waals surface area contributed by atoms with Crippen molar-refractivity contribution in [3.8, 4) is 0 Å². The molecule has 0 aliphatic heterocycles. The topological polar surface area (TPSA) is 86.8 Å². The van der Waals surface area contributed by atoms with Crippen LogP contribution in [0.3, 0.4) is 0 Å². The highest BCUT2D eigenvalue weighted by atomic mass is 35.5. The molecular weight excluding hydrogens is 601 g/mol. The first-order valence-corrected chi connectivity index (χ1v) is 16.1. The van der Waals surface area contributed by atoms with Crippen LogP contribution in [0.25, 0.3) is 0 Å². The van der Waals surface area contributed by atoms with Gasteiger partial charge in [0.2, 0.25) is 11.8 Å². The molecule has 0 fully saturated rings. The van der Waals surface area contributed by atoms with Crippen molar-refractivity contribution in [1.29, 1.82) is 0 Å². The predicted octanol–water partition coefficient (Wildman–Crippen LogP) is 6.15. The van der Waals surface area contributed by atoms with Crippen LogP contribution in [0.1, 0.15) is 30.0 Å². The van der Waals surface area contributed by atoms with Gasteiger partial charge in [0.05, 0.1) is 15.6 Å². The number of rotatable bonds is 13. The van der Waals surface area contributed by atoms with Gasteiger partial charge in [-0.1, -0.05) is 96.9 Å². The summed E-state index contributed by atoms with van der Waals surface area (Å²) in [5.41, 5.74) is 2.65. The molecule has 0 bridgehead atoms. The maximum Gasteiger partial charge on any atom is 0.264 e. The maximum absolute atomic E-state index is 14.4. The molecule has 2 amide bonds. The fourth-order valence-electron chi connectivity index (χ4n) is 4.70. The molecule has 0 unspecified atom stereocenters. The summed E-state index contributed by atoms with van der Waals surface area (Å²) in [6.07, 6.45) is 0.909. The van der Waals surface area contributed by atoms with Crippen molar-refractivity contribution in [2.75, 3.05) is 17.4 Å². The first-order valence-electron chi connectivity index (χ1n) is 14.3. The first kappa shape index (κ1) is 32.7. The highest BCUT2D eigenvalue weighted by Crippen LogP contribution is 2.28. The van der Waals surface area contributed by atoms with Crippen molar-refractivity contribution in [3.05, 3.63) is 131 Å². The fraction of sp³-hybridized carbons (Fsp3) is 0.235. The van der Waals surface area contributed by atoms with E-state index < -0.39 is 34.3 Å². The molecule has 0 aliphatic carbocycles. The van der Waals surface area contributed by atoms with E-state index >= 15 is 0 Å². The Morgan fingerprint density at radius 2 is 1.52 bits per heavy atom. The highest BCUT2D eigenvalue weighted by Gasteiger charge is 2.34. The van der Waals surface area contributed by atoms with Crippen LogP contribution in [0.5, 0.6) is 0 Å². The average Bonchev–Trinajstić information content (AvgIpc) is 3.03. The Bertz CT molecular complexity index is 1670. The number of sulfonamides is 1. The zero-order valence-corrected chi connectivity index (χ0v) is 26.2. The third kappa shape index (κ3) is 8.24. The Morgan fingerprint density at radius 1 is 0.886 bits per heavy atom. The Balaban J connectivity index is 1.80. The summed E-state index contributed by atoms with van der Waals surface area (Å²) in [5.74, 6) is -1.69. The normalized spacial score (nSPS) is 11.9. The van der Waals surface area contributed by atoms with Crippen LogP contribution in [0.15, 0.2) is 108 Å². The molecule has 0 heterocycles. The molecular formula is C34H35ClFN3O4S. The molecule has 0 spiro atoms. The third-order valence-corrected chi connectivity index (χ3v) is 9.17. The number of nitrogens with zero attached hydrogens (tertiary/aromatic N) is 2. The summed E-state index contributed by atoms with van der Waals surface area (Å²) in [7, 11) is -4.31. The van der Waals surface area contributed by atoms with E-state index in [1.165, 1.54) is 29.2 Å². The minimum absolute atomic E-state index is 0.0129. The number of halogens is 2. The molecule has 0 aromatic heterocycles. The molecule has 230 valence electrons. The Morgan fingerprint density at radius 3 is 2.14 bits per heavy atom. The third-order valence-electron chi connectivity index (χ3n) is 7.10. The zero-order chi connectivity index (χ0) is 31.7. The monoisotopic (exact) mass is 635 g/mol. The Labute approximate surface area is 263 Å². The summed E-state index contributed by atoms with van der Waals surface area (Å²) in [5, 5.41) is 2.62. The van der Waals surface area contributed by atoms with E-state index in [0.717, 1.165) is 27.1 Å². The number of nitrogens with one attached hydrogen (secondary N) is 1. The van der Waals surface area contributed by atoms with Crippen molar-refractivity contribution in [2.24, 2.45) is 0 Å². The fourth-order valence-corrected chi connectivity index (χ4v) is 6.30. The number of hydrogen-bond donors (Lipinski definition) is 1. The smallest absolute Gasteiger partial charge is 0.264 e. The van der Waals surface area contributed by atoms with Crippen LogP contribution < -0.4 is 9.62 Å². The van der Waals surface area contributed by atoms with E-state index in [2.05, 4.69) is 5.32 Å². The van der Waals surface area contributed by atoms with Crippen LogP contribution >= 0.6 is 11.6 Å². The van der Waals surface area contributed by atoms with E-state index in [1.54, 1.807) is 18.2 Å². The van der Waals surface area contributed by atoms with Crippen LogP contribution in [0.4, 0.5) is 10.1 Å². The van der Waals surface area contributed by atoms with Crippen LogP contribution in [-0.4, -0.2) is 44.3 Å². The zero-order valence-electron chi connectivity index (χ0n) is 24.6. The molecule has 0 radical (unpaired) electrons. The molecule has 7 nitrogen and oxygen atoms in total. The van der Waals surface area contributed by atoms with E-state index in [4.69, 9.17) is 11.6 Å². The predicted molar refractivity (Wildman–Crippen MR) is 171 cm³/mol. The minimum Gasteiger partial charge on any atom is -0.354 e. The molecule has 4 aromatic rings. The number of amides is 2. The maximum atomic E-state index is 14.4. The van der Waals surface area contributed by atoms with E-state index in [1.807, 2.05) is 68.4 Å². The summed E-state index contributed by atoms with van der Waals surface area (Å²) in [4.78, 5) is 29.4. The second-order valence-electron chi connectivity index (χ2n) is 10.4. The lowest BCUT2D eigenvalue weighted by atomic mass is 10.0. The van der Waals surface area contributed by atoms with Gasteiger partial charge in [-0.05, 0) is 54.8 Å². The van der Waals surface area contributed by atoms with Gasteiger partial charge >= 0.3 is 0 Å². The Hall–Kier alpha value is -4.21. The molecule has 0 saturated heterocycles. The average molecular weight is 636 g/mol. The van der Waals surface area contributed by atoms with Gasteiger partial charge in [-0.3, -0.25) is 13.9 Å². The van der Waals surface area contributed by atoms with E-state index in [0.29, 0.717) is 13.0 Å². The number of carbonyl (C=O) groups excluding carboxylic acids is 2. The van der Waals surface area contributed by atoms with Gasteiger partial charge in [0, 0.05) is 19.5 Å². The van der Waals surface area contributed by atoms with Crippen molar-refractivity contribution < 1.29 is 22.4 Å². The molecule has 44 heavy (non-hydrogen) atoms. The summed E-state index contributed by atoms with van der Waals surface area (Å²) in [6.45, 7) is 3.70. The molecule has 1 atom stereocenters.